The predicted molar refractivity (Wildman–Crippen MR) is 97.3 cm³/mol. The van der Waals surface area contributed by atoms with Crippen molar-refractivity contribution in [2.45, 2.75) is 32.9 Å². The van der Waals surface area contributed by atoms with Crippen molar-refractivity contribution in [1.29, 1.82) is 0 Å². The zero-order chi connectivity index (χ0) is 16.8. The molecule has 124 valence electrons. The Hall–Kier alpha value is -1.47. The maximum Gasteiger partial charge on any atom is 0.191 e. The molecule has 23 heavy (non-hydrogen) atoms. The molecule has 0 saturated heterocycles. The zero-order valence-electron chi connectivity index (χ0n) is 13.4. The third kappa shape index (κ3) is 5.28. The Morgan fingerprint density at radius 3 is 2.74 bits per heavy atom. The van der Waals surface area contributed by atoms with Crippen molar-refractivity contribution >= 4 is 33.2 Å². The van der Waals surface area contributed by atoms with Gasteiger partial charge in [0.15, 0.2) is 5.96 Å². The SMILES string of the molecule is CN=C(NCc1nc(C(C)C)cs1)NCc1cc(F)ccc1Br. The molecule has 2 N–H and O–H groups in total. The van der Waals surface area contributed by atoms with Crippen LogP contribution in [-0.4, -0.2) is 18.0 Å². The quantitative estimate of drug-likeness (QED) is 0.590. The molecule has 0 unspecified atom stereocenters. The lowest BCUT2D eigenvalue weighted by atomic mass is 10.2. The summed E-state index contributed by atoms with van der Waals surface area (Å²) < 4.78 is 14.2. The third-order valence-electron chi connectivity index (χ3n) is 3.25. The van der Waals surface area contributed by atoms with Gasteiger partial charge in [-0.15, -0.1) is 11.3 Å². The lowest BCUT2D eigenvalue weighted by Crippen LogP contribution is -2.36. The Morgan fingerprint density at radius 1 is 1.35 bits per heavy atom. The summed E-state index contributed by atoms with van der Waals surface area (Å²) in [6, 6.07) is 4.63. The first kappa shape index (κ1) is 17.9. The summed E-state index contributed by atoms with van der Waals surface area (Å²) >= 11 is 5.05. The normalized spacial score (nSPS) is 11.8. The second-order valence-corrected chi connectivity index (χ2v) is 7.13. The summed E-state index contributed by atoms with van der Waals surface area (Å²) in [5.41, 5.74) is 1.95. The first-order chi connectivity index (χ1) is 11.0. The van der Waals surface area contributed by atoms with Crippen LogP contribution < -0.4 is 10.6 Å². The molecule has 0 aliphatic rings. The van der Waals surface area contributed by atoms with Crippen LogP contribution in [0.25, 0.3) is 0 Å². The van der Waals surface area contributed by atoms with Crippen molar-refractivity contribution in [3.05, 3.63) is 50.1 Å². The molecule has 0 amide bonds. The van der Waals surface area contributed by atoms with Crippen LogP contribution in [-0.2, 0) is 13.1 Å². The Morgan fingerprint density at radius 2 is 2.09 bits per heavy atom. The van der Waals surface area contributed by atoms with Crippen LogP contribution in [0.1, 0.15) is 36.0 Å². The molecule has 0 aliphatic carbocycles. The molecular weight excluding hydrogens is 379 g/mol. The molecule has 0 spiro atoms. The van der Waals surface area contributed by atoms with Gasteiger partial charge in [0.2, 0.25) is 0 Å². The molecule has 4 nitrogen and oxygen atoms in total. The summed E-state index contributed by atoms with van der Waals surface area (Å²) in [6.45, 7) is 5.35. The van der Waals surface area contributed by atoms with Gasteiger partial charge in [0.25, 0.3) is 0 Å². The minimum absolute atomic E-state index is 0.253. The number of nitrogens with one attached hydrogen (secondary N) is 2. The topological polar surface area (TPSA) is 49.3 Å². The number of halogens is 2. The van der Waals surface area contributed by atoms with Gasteiger partial charge in [0.1, 0.15) is 10.8 Å². The Labute approximate surface area is 148 Å². The van der Waals surface area contributed by atoms with Gasteiger partial charge >= 0.3 is 0 Å². The number of nitrogens with zero attached hydrogens (tertiary/aromatic N) is 2. The van der Waals surface area contributed by atoms with Crippen molar-refractivity contribution in [2.75, 3.05) is 7.05 Å². The van der Waals surface area contributed by atoms with E-state index < -0.39 is 0 Å². The number of hydrogen-bond donors (Lipinski definition) is 2. The van der Waals surface area contributed by atoms with Crippen LogP contribution in [0.15, 0.2) is 33.0 Å². The maximum absolute atomic E-state index is 13.3. The van der Waals surface area contributed by atoms with Crippen LogP contribution in [0.2, 0.25) is 0 Å². The molecule has 1 aromatic carbocycles. The van der Waals surface area contributed by atoms with E-state index in [0.717, 1.165) is 20.7 Å². The molecule has 2 rings (SSSR count). The van der Waals surface area contributed by atoms with Crippen LogP contribution >= 0.6 is 27.3 Å². The van der Waals surface area contributed by atoms with Gasteiger partial charge in [0.05, 0.1) is 12.2 Å². The molecule has 0 atom stereocenters. The second kappa shape index (κ2) is 8.40. The highest BCUT2D eigenvalue weighted by Gasteiger charge is 2.07. The third-order valence-corrected chi connectivity index (χ3v) is 4.89. The molecule has 0 fully saturated rings. The van der Waals surface area contributed by atoms with Crippen LogP contribution in [0.5, 0.6) is 0 Å². The molecular formula is C16H20BrFN4S. The van der Waals surface area contributed by atoms with Crippen LogP contribution in [0.4, 0.5) is 4.39 Å². The fourth-order valence-corrected chi connectivity index (χ4v) is 3.19. The second-order valence-electron chi connectivity index (χ2n) is 5.34. The smallest absolute Gasteiger partial charge is 0.191 e. The van der Waals surface area contributed by atoms with Gasteiger partial charge in [-0.1, -0.05) is 29.8 Å². The van der Waals surface area contributed by atoms with Gasteiger partial charge in [-0.2, -0.15) is 0 Å². The lowest BCUT2D eigenvalue weighted by Gasteiger charge is -2.12. The van der Waals surface area contributed by atoms with E-state index >= 15 is 0 Å². The lowest BCUT2D eigenvalue weighted by molar-refractivity contribution is 0.624. The Kier molecular flexibility index (Phi) is 6.53. The molecule has 0 saturated carbocycles. The molecule has 0 radical (unpaired) electrons. The number of guanidine groups is 1. The highest BCUT2D eigenvalue weighted by Crippen LogP contribution is 2.18. The number of benzene rings is 1. The molecule has 7 heteroatoms. The van der Waals surface area contributed by atoms with Crippen molar-refractivity contribution in [1.82, 2.24) is 15.6 Å². The summed E-state index contributed by atoms with van der Waals surface area (Å²) in [6.07, 6.45) is 0. The minimum Gasteiger partial charge on any atom is -0.352 e. The fourth-order valence-electron chi connectivity index (χ4n) is 1.91. The summed E-state index contributed by atoms with van der Waals surface area (Å²) in [5.74, 6) is 0.835. The highest BCUT2D eigenvalue weighted by molar-refractivity contribution is 9.10. The van der Waals surface area contributed by atoms with Crippen molar-refractivity contribution in [3.8, 4) is 0 Å². The van der Waals surface area contributed by atoms with E-state index in [-0.39, 0.29) is 5.82 Å². The van der Waals surface area contributed by atoms with Crippen LogP contribution in [0, 0.1) is 5.82 Å². The molecule has 0 bridgehead atoms. The minimum atomic E-state index is -0.253. The molecule has 2 aromatic rings. The Bertz CT molecular complexity index is 684. The number of hydrogen-bond acceptors (Lipinski definition) is 3. The fraction of sp³-hybridized carbons (Fsp3) is 0.375. The number of aliphatic imine (C=N–C) groups is 1. The number of rotatable bonds is 5. The predicted octanol–water partition coefficient (Wildman–Crippen LogP) is 4.03. The largest absolute Gasteiger partial charge is 0.352 e. The van der Waals surface area contributed by atoms with Gasteiger partial charge < -0.3 is 10.6 Å². The number of thiazole rings is 1. The van der Waals surface area contributed by atoms with Gasteiger partial charge in [-0.25, -0.2) is 9.37 Å². The number of aromatic nitrogens is 1. The molecule has 1 aromatic heterocycles. The average Bonchev–Trinajstić information content (AvgIpc) is 3.00. The summed E-state index contributed by atoms with van der Waals surface area (Å²) in [4.78, 5) is 8.75. The first-order valence-electron chi connectivity index (χ1n) is 7.32. The van der Waals surface area contributed by atoms with Gasteiger partial charge in [-0.05, 0) is 29.7 Å². The van der Waals surface area contributed by atoms with Gasteiger partial charge in [0, 0.05) is 23.4 Å². The average molecular weight is 399 g/mol. The van der Waals surface area contributed by atoms with Crippen LogP contribution in [0.3, 0.4) is 0 Å². The first-order valence-corrected chi connectivity index (χ1v) is 8.99. The van der Waals surface area contributed by atoms with E-state index in [9.17, 15) is 4.39 Å². The maximum atomic E-state index is 13.3. The Balaban J connectivity index is 1.89. The summed E-state index contributed by atoms with van der Waals surface area (Å²) in [7, 11) is 1.71. The summed E-state index contributed by atoms with van der Waals surface area (Å²) in [5, 5.41) is 9.49. The standard InChI is InChI=1S/C16H20BrFN4S/c1-10(2)14-9-23-15(22-14)8-21-16(19-3)20-7-11-6-12(18)4-5-13(11)17/h4-6,9-10H,7-8H2,1-3H3,(H2,19,20,21). The highest BCUT2D eigenvalue weighted by atomic mass is 79.9. The van der Waals surface area contributed by atoms with E-state index in [1.54, 1.807) is 24.5 Å². The van der Waals surface area contributed by atoms with Crippen molar-refractivity contribution in [3.63, 3.8) is 0 Å². The molecule has 1 heterocycles. The zero-order valence-corrected chi connectivity index (χ0v) is 15.8. The monoisotopic (exact) mass is 398 g/mol. The van der Waals surface area contributed by atoms with Gasteiger partial charge in [-0.3, -0.25) is 4.99 Å². The van der Waals surface area contributed by atoms with E-state index in [0.29, 0.717) is 25.0 Å². The van der Waals surface area contributed by atoms with Crippen molar-refractivity contribution in [2.24, 2.45) is 4.99 Å². The molecule has 0 aliphatic heterocycles. The van der Waals surface area contributed by atoms with Crippen molar-refractivity contribution < 1.29 is 4.39 Å². The van der Waals surface area contributed by atoms with E-state index in [1.165, 1.54) is 12.1 Å². The van der Waals surface area contributed by atoms with E-state index in [1.807, 2.05) is 0 Å². The van der Waals surface area contributed by atoms with E-state index in [2.05, 4.69) is 55.8 Å². The van der Waals surface area contributed by atoms with E-state index in [4.69, 9.17) is 0 Å².